The van der Waals surface area contributed by atoms with E-state index in [1.54, 1.807) is 7.11 Å². The molecule has 0 spiro atoms. The number of nitrogens with zero attached hydrogens (tertiary/aromatic N) is 2. The molecule has 4 nitrogen and oxygen atoms in total. The molecule has 2 fully saturated rings. The van der Waals surface area contributed by atoms with Gasteiger partial charge < -0.3 is 9.84 Å². The molecule has 0 heterocycles. The average Bonchev–Trinajstić information content (AvgIpc) is 2.60. The molecule has 0 aliphatic heterocycles. The van der Waals surface area contributed by atoms with Gasteiger partial charge in [0.25, 0.3) is 0 Å². The van der Waals surface area contributed by atoms with Crippen molar-refractivity contribution in [1.82, 2.24) is 0 Å². The Hall–Kier alpha value is -1.10. The number of aliphatic hydroxyl groups is 1. The summed E-state index contributed by atoms with van der Waals surface area (Å²) in [4.78, 5) is 0. The van der Waals surface area contributed by atoms with Crippen LogP contribution in [0.25, 0.3) is 0 Å². The summed E-state index contributed by atoms with van der Waals surface area (Å²) in [6, 6.07) is 4.33. The van der Waals surface area contributed by atoms with Gasteiger partial charge in [-0.15, -0.1) is 0 Å². The smallest absolute Gasteiger partial charge is 0.0621 e. The highest BCUT2D eigenvalue weighted by Gasteiger charge is 2.24. The summed E-state index contributed by atoms with van der Waals surface area (Å²) >= 11 is 0. The van der Waals surface area contributed by atoms with Crippen molar-refractivity contribution in [2.45, 2.75) is 96.7 Å². The molecule has 0 saturated heterocycles. The lowest BCUT2D eigenvalue weighted by Crippen LogP contribution is -2.26. The van der Waals surface area contributed by atoms with E-state index >= 15 is 0 Å². The van der Waals surface area contributed by atoms with Gasteiger partial charge in [-0.1, -0.05) is 33.1 Å². The highest BCUT2D eigenvalue weighted by Crippen LogP contribution is 2.29. The zero-order valence-corrected chi connectivity index (χ0v) is 14.5. The lowest BCUT2D eigenvalue weighted by Gasteiger charge is -2.29. The zero-order valence-electron chi connectivity index (χ0n) is 14.5. The van der Waals surface area contributed by atoms with Gasteiger partial charge in [0, 0.05) is 20.0 Å². The number of aliphatic hydroxyl groups excluding tert-OH is 1. The zero-order chi connectivity index (χ0) is 16.9. The van der Waals surface area contributed by atoms with Crippen molar-refractivity contribution in [1.29, 1.82) is 10.5 Å². The van der Waals surface area contributed by atoms with Gasteiger partial charge in [0.15, 0.2) is 0 Å². The van der Waals surface area contributed by atoms with Gasteiger partial charge in [-0.25, -0.2) is 0 Å². The molecule has 2 aliphatic carbocycles. The number of hydrogen-bond donors (Lipinski definition) is 1. The Morgan fingerprint density at radius 3 is 1.92 bits per heavy atom. The minimum absolute atomic E-state index is 0. The van der Waals surface area contributed by atoms with Crippen LogP contribution in [0.2, 0.25) is 0 Å². The van der Waals surface area contributed by atoms with Crippen molar-refractivity contribution in [2.75, 3.05) is 7.11 Å². The lowest BCUT2D eigenvalue weighted by molar-refractivity contribution is 0.0210. The number of ether oxygens (including phenoxy) is 1. The molecule has 0 bridgehead atoms. The van der Waals surface area contributed by atoms with Gasteiger partial charge in [-0.3, -0.25) is 0 Å². The molecule has 4 atom stereocenters. The highest BCUT2D eigenvalue weighted by molar-refractivity contribution is 4.80. The Balaban J connectivity index is 0.000000425. The third-order valence-corrected chi connectivity index (χ3v) is 5.26. The summed E-state index contributed by atoms with van der Waals surface area (Å²) in [5, 5.41) is 26.3. The summed E-state index contributed by atoms with van der Waals surface area (Å²) < 4.78 is 5.39. The molecule has 2 rings (SSSR count). The van der Waals surface area contributed by atoms with Gasteiger partial charge >= 0.3 is 0 Å². The Kier molecular flexibility index (Phi) is 13.6. The quantitative estimate of drug-likeness (QED) is 0.768. The van der Waals surface area contributed by atoms with Crippen LogP contribution in [0.15, 0.2) is 0 Å². The second kappa shape index (κ2) is 14.3. The van der Waals surface area contributed by atoms with Crippen molar-refractivity contribution in [3.05, 3.63) is 0 Å². The molecule has 0 amide bonds. The molecular formula is C20H36N2O2. The van der Waals surface area contributed by atoms with E-state index in [9.17, 15) is 5.11 Å². The van der Waals surface area contributed by atoms with E-state index < -0.39 is 0 Å². The molecule has 0 aromatic rings. The van der Waals surface area contributed by atoms with Crippen LogP contribution in [0, 0.1) is 34.5 Å². The molecule has 4 unspecified atom stereocenters. The third-order valence-electron chi connectivity index (χ3n) is 5.26. The van der Waals surface area contributed by atoms with Gasteiger partial charge in [0.1, 0.15) is 0 Å². The predicted octanol–water partition coefficient (Wildman–Crippen LogP) is 4.97. The van der Waals surface area contributed by atoms with Crippen LogP contribution >= 0.6 is 0 Å². The number of methoxy groups -OCH3 is 1. The Labute approximate surface area is 148 Å². The lowest BCUT2D eigenvalue weighted by atomic mass is 9.83. The van der Waals surface area contributed by atoms with Crippen LogP contribution < -0.4 is 0 Å². The summed E-state index contributed by atoms with van der Waals surface area (Å²) in [6.45, 7) is 0. The number of rotatable bonds is 5. The predicted molar refractivity (Wildman–Crippen MR) is 97.1 cm³/mol. The van der Waals surface area contributed by atoms with E-state index in [1.165, 1.54) is 32.1 Å². The van der Waals surface area contributed by atoms with Crippen molar-refractivity contribution in [3.8, 4) is 12.1 Å². The molecule has 0 radical (unpaired) electrons. The largest absolute Gasteiger partial charge is 0.393 e. The van der Waals surface area contributed by atoms with Crippen molar-refractivity contribution in [2.24, 2.45) is 11.8 Å². The van der Waals surface area contributed by atoms with E-state index in [1.807, 2.05) is 0 Å². The standard InChI is InChI=1S/C10H17NO.C9H15NO.CH4/c1-12-10-7-3-2-5-9(10)6-4-8-11;10-7-3-5-8-4-1-2-6-9(8)11;/h9-10H,2-7H2,1H3;8-9,11H,1-6H2;1H4. The van der Waals surface area contributed by atoms with Crippen LogP contribution in [0.4, 0.5) is 0 Å². The molecule has 4 heteroatoms. The first-order valence-corrected chi connectivity index (χ1v) is 9.17. The number of nitriles is 2. The van der Waals surface area contributed by atoms with Crippen LogP contribution in [0.5, 0.6) is 0 Å². The summed E-state index contributed by atoms with van der Waals surface area (Å²) in [6.07, 6.45) is 13.0. The minimum atomic E-state index is -0.128. The minimum Gasteiger partial charge on any atom is -0.393 e. The van der Waals surface area contributed by atoms with Crippen LogP contribution in [-0.2, 0) is 4.74 Å². The highest BCUT2D eigenvalue weighted by atomic mass is 16.5. The maximum atomic E-state index is 9.49. The fourth-order valence-corrected chi connectivity index (χ4v) is 3.84. The van der Waals surface area contributed by atoms with Crippen molar-refractivity contribution >= 4 is 0 Å². The molecule has 138 valence electrons. The number of hydrogen-bond acceptors (Lipinski definition) is 4. The second-order valence-corrected chi connectivity index (χ2v) is 6.82. The van der Waals surface area contributed by atoms with Gasteiger partial charge in [0.2, 0.25) is 0 Å². The van der Waals surface area contributed by atoms with Gasteiger partial charge in [0.05, 0.1) is 24.3 Å². The van der Waals surface area contributed by atoms with Crippen molar-refractivity contribution < 1.29 is 9.84 Å². The summed E-state index contributed by atoms with van der Waals surface area (Å²) in [5.74, 6) is 1.05. The normalized spacial score (nSPS) is 29.2. The topological polar surface area (TPSA) is 77.0 Å². The molecule has 2 aliphatic rings. The van der Waals surface area contributed by atoms with E-state index in [-0.39, 0.29) is 13.5 Å². The first kappa shape index (κ1) is 22.9. The molecule has 2 saturated carbocycles. The molecule has 1 N–H and O–H groups in total. The summed E-state index contributed by atoms with van der Waals surface area (Å²) in [5.41, 5.74) is 0. The Bertz CT molecular complexity index is 386. The SMILES string of the molecule is C.COC1CCCCC1CCC#N.N#CCCC1CCCCC1O. The Morgan fingerprint density at radius 1 is 0.875 bits per heavy atom. The maximum Gasteiger partial charge on any atom is 0.0621 e. The van der Waals surface area contributed by atoms with E-state index in [2.05, 4.69) is 12.1 Å². The average molecular weight is 337 g/mol. The molecule has 0 aromatic heterocycles. The van der Waals surface area contributed by atoms with Gasteiger partial charge in [-0.05, 0) is 50.4 Å². The second-order valence-electron chi connectivity index (χ2n) is 6.82. The monoisotopic (exact) mass is 336 g/mol. The molecule has 24 heavy (non-hydrogen) atoms. The van der Waals surface area contributed by atoms with E-state index in [4.69, 9.17) is 15.3 Å². The molecule has 0 aromatic carbocycles. The van der Waals surface area contributed by atoms with Crippen molar-refractivity contribution in [3.63, 3.8) is 0 Å². The van der Waals surface area contributed by atoms with Crippen LogP contribution in [0.3, 0.4) is 0 Å². The fourth-order valence-electron chi connectivity index (χ4n) is 3.84. The maximum absolute atomic E-state index is 9.49. The van der Waals surface area contributed by atoms with E-state index in [0.29, 0.717) is 30.8 Å². The van der Waals surface area contributed by atoms with E-state index in [0.717, 1.165) is 32.1 Å². The first-order valence-electron chi connectivity index (χ1n) is 9.17. The fraction of sp³-hybridized carbons (Fsp3) is 0.900. The third kappa shape index (κ3) is 8.67. The van der Waals surface area contributed by atoms with Crippen LogP contribution in [-0.4, -0.2) is 24.4 Å². The Morgan fingerprint density at radius 2 is 1.38 bits per heavy atom. The molecular weight excluding hydrogens is 300 g/mol. The van der Waals surface area contributed by atoms with Crippen LogP contribution in [0.1, 0.15) is 84.5 Å². The summed E-state index contributed by atoms with van der Waals surface area (Å²) in [7, 11) is 1.79. The first-order chi connectivity index (χ1) is 11.2. The van der Waals surface area contributed by atoms with Gasteiger partial charge in [-0.2, -0.15) is 10.5 Å².